The summed E-state index contributed by atoms with van der Waals surface area (Å²) in [5.41, 5.74) is 1.22. The first-order valence-corrected chi connectivity index (χ1v) is 7.73. The quantitative estimate of drug-likeness (QED) is 0.418. The molecule has 1 aromatic carbocycles. The van der Waals surface area contributed by atoms with Crippen molar-refractivity contribution in [3.05, 3.63) is 60.2 Å². The van der Waals surface area contributed by atoms with Crippen LogP contribution in [0.2, 0.25) is 0 Å². The van der Waals surface area contributed by atoms with Crippen LogP contribution in [0.5, 0.6) is 0 Å². The van der Waals surface area contributed by atoms with E-state index in [1.54, 1.807) is 0 Å². The number of ether oxygens (including phenoxy) is 2. The summed E-state index contributed by atoms with van der Waals surface area (Å²) >= 11 is 0. The van der Waals surface area contributed by atoms with Gasteiger partial charge in [-0.05, 0) is 30.6 Å². The summed E-state index contributed by atoms with van der Waals surface area (Å²) in [6.07, 6.45) is 9.09. The number of hydrogen-bond acceptors (Lipinski definition) is 4. The van der Waals surface area contributed by atoms with Crippen molar-refractivity contribution in [3.63, 3.8) is 0 Å². The van der Waals surface area contributed by atoms with Gasteiger partial charge in [-0.15, -0.1) is 0 Å². The molecular formula is C18H24O4. The fourth-order valence-electron chi connectivity index (χ4n) is 2.32. The van der Waals surface area contributed by atoms with Crippen LogP contribution in [0.1, 0.15) is 24.3 Å². The van der Waals surface area contributed by atoms with Gasteiger partial charge in [0.15, 0.2) is 0 Å². The van der Waals surface area contributed by atoms with Crippen molar-refractivity contribution in [3.8, 4) is 0 Å². The van der Waals surface area contributed by atoms with Gasteiger partial charge in [-0.2, -0.15) is 0 Å². The molecular weight excluding hydrogens is 280 g/mol. The van der Waals surface area contributed by atoms with Gasteiger partial charge in [0, 0.05) is 19.1 Å². The summed E-state index contributed by atoms with van der Waals surface area (Å²) in [4.78, 5) is 0. The third kappa shape index (κ3) is 4.78. The molecule has 1 aromatic rings. The van der Waals surface area contributed by atoms with E-state index in [0.717, 1.165) is 0 Å². The monoisotopic (exact) mass is 304 g/mol. The van der Waals surface area contributed by atoms with E-state index in [4.69, 9.17) is 19.7 Å². The highest BCUT2D eigenvalue weighted by Crippen LogP contribution is 2.29. The van der Waals surface area contributed by atoms with Gasteiger partial charge in [-0.3, -0.25) is 0 Å². The minimum Gasteiger partial charge on any atom is -0.396 e. The zero-order valence-electron chi connectivity index (χ0n) is 12.7. The van der Waals surface area contributed by atoms with Gasteiger partial charge in [0.1, 0.15) is 0 Å². The van der Waals surface area contributed by atoms with Gasteiger partial charge in [0.2, 0.25) is 5.79 Å². The predicted octanol–water partition coefficient (Wildman–Crippen LogP) is 2.39. The maximum Gasteiger partial charge on any atom is 0.207 e. The molecule has 0 unspecified atom stereocenters. The Morgan fingerprint density at radius 3 is 1.91 bits per heavy atom. The summed E-state index contributed by atoms with van der Waals surface area (Å²) in [6.45, 7) is 1.01. The Balaban J connectivity index is 2.03. The van der Waals surface area contributed by atoms with E-state index in [-0.39, 0.29) is 19.1 Å². The summed E-state index contributed by atoms with van der Waals surface area (Å²) in [5, 5.41) is 17.8. The Kier molecular flexibility index (Phi) is 6.80. The summed E-state index contributed by atoms with van der Waals surface area (Å²) < 4.78 is 11.6. The van der Waals surface area contributed by atoms with Gasteiger partial charge in [-0.25, -0.2) is 0 Å². The average molecular weight is 304 g/mol. The molecule has 4 nitrogen and oxygen atoms in total. The highest BCUT2D eigenvalue weighted by molar-refractivity contribution is 5.33. The Bertz CT molecular complexity index is 455. The second kappa shape index (κ2) is 8.86. The topological polar surface area (TPSA) is 58.9 Å². The predicted molar refractivity (Wildman–Crippen MR) is 85.5 cm³/mol. The lowest BCUT2D eigenvalue weighted by Crippen LogP contribution is -2.34. The Morgan fingerprint density at radius 2 is 1.41 bits per heavy atom. The molecule has 1 aliphatic rings. The van der Waals surface area contributed by atoms with Crippen LogP contribution in [0.4, 0.5) is 0 Å². The fourth-order valence-corrected chi connectivity index (χ4v) is 2.32. The van der Waals surface area contributed by atoms with Gasteiger partial charge < -0.3 is 19.7 Å². The molecule has 0 radical (unpaired) electrons. The minimum atomic E-state index is -0.893. The van der Waals surface area contributed by atoms with Crippen molar-refractivity contribution in [2.75, 3.05) is 26.4 Å². The first-order chi connectivity index (χ1) is 10.8. The van der Waals surface area contributed by atoms with Crippen LogP contribution < -0.4 is 0 Å². The highest BCUT2D eigenvalue weighted by atomic mass is 16.7. The lowest BCUT2D eigenvalue weighted by molar-refractivity contribution is -0.175. The summed E-state index contributed by atoms with van der Waals surface area (Å²) in [6, 6.07) is 10.2. The number of rotatable bonds is 9. The standard InChI is InChI=1S/C18H24O4/c19-12-4-14-21-18(22-15-5-13-20)10-8-17(9-11-18)16-6-2-1-3-7-16/h1-3,6-11,17,19-20H,4-5,12-15H2. The van der Waals surface area contributed by atoms with Crippen LogP contribution in [-0.2, 0) is 9.47 Å². The zero-order valence-corrected chi connectivity index (χ0v) is 12.7. The van der Waals surface area contributed by atoms with Crippen LogP contribution in [-0.4, -0.2) is 42.4 Å². The lowest BCUT2D eigenvalue weighted by atomic mass is 9.93. The van der Waals surface area contributed by atoms with E-state index in [1.165, 1.54) is 5.56 Å². The number of hydrogen-bond donors (Lipinski definition) is 2. The van der Waals surface area contributed by atoms with E-state index >= 15 is 0 Å². The van der Waals surface area contributed by atoms with Gasteiger partial charge in [-0.1, -0.05) is 42.5 Å². The molecule has 0 bridgehead atoms. The van der Waals surface area contributed by atoms with Crippen molar-refractivity contribution in [2.24, 2.45) is 0 Å². The average Bonchev–Trinajstić information content (AvgIpc) is 2.57. The second-order valence-corrected chi connectivity index (χ2v) is 5.23. The van der Waals surface area contributed by atoms with E-state index in [9.17, 15) is 0 Å². The fraction of sp³-hybridized carbons (Fsp3) is 0.444. The first kappa shape index (κ1) is 16.9. The van der Waals surface area contributed by atoms with Crippen molar-refractivity contribution >= 4 is 0 Å². The van der Waals surface area contributed by atoms with E-state index in [0.29, 0.717) is 26.1 Å². The summed E-state index contributed by atoms with van der Waals surface area (Å²) in [5.74, 6) is -0.687. The molecule has 0 spiro atoms. The van der Waals surface area contributed by atoms with Crippen LogP contribution in [0, 0.1) is 0 Å². The van der Waals surface area contributed by atoms with Crippen LogP contribution in [0.15, 0.2) is 54.6 Å². The number of allylic oxidation sites excluding steroid dienone is 2. The van der Waals surface area contributed by atoms with Crippen molar-refractivity contribution < 1.29 is 19.7 Å². The molecule has 0 aromatic heterocycles. The Morgan fingerprint density at radius 1 is 0.864 bits per heavy atom. The maximum absolute atomic E-state index is 8.89. The molecule has 120 valence electrons. The first-order valence-electron chi connectivity index (χ1n) is 7.73. The largest absolute Gasteiger partial charge is 0.396 e. The Hall–Kier alpha value is -1.46. The van der Waals surface area contributed by atoms with Crippen LogP contribution in [0.25, 0.3) is 0 Å². The molecule has 0 saturated heterocycles. The minimum absolute atomic E-state index is 0.0901. The van der Waals surface area contributed by atoms with Gasteiger partial charge in [0.25, 0.3) is 0 Å². The molecule has 0 amide bonds. The third-order valence-electron chi connectivity index (χ3n) is 3.52. The number of aliphatic hydroxyl groups excluding tert-OH is 2. The third-order valence-corrected chi connectivity index (χ3v) is 3.52. The maximum atomic E-state index is 8.89. The molecule has 0 heterocycles. The summed E-state index contributed by atoms with van der Waals surface area (Å²) in [7, 11) is 0. The van der Waals surface area contributed by atoms with Gasteiger partial charge >= 0.3 is 0 Å². The number of benzene rings is 1. The molecule has 0 atom stereocenters. The lowest BCUT2D eigenvalue weighted by Gasteiger charge is -2.31. The van der Waals surface area contributed by atoms with Crippen molar-refractivity contribution in [1.29, 1.82) is 0 Å². The van der Waals surface area contributed by atoms with Crippen LogP contribution in [0.3, 0.4) is 0 Å². The van der Waals surface area contributed by atoms with E-state index in [2.05, 4.69) is 24.3 Å². The molecule has 4 heteroatoms. The highest BCUT2D eigenvalue weighted by Gasteiger charge is 2.29. The second-order valence-electron chi connectivity index (χ2n) is 5.23. The normalized spacial score (nSPS) is 17.0. The number of aliphatic hydroxyl groups is 2. The van der Waals surface area contributed by atoms with Gasteiger partial charge in [0.05, 0.1) is 13.2 Å². The van der Waals surface area contributed by atoms with Crippen molar-refractivity contribution in [1.82, 2.24) is 0 Å². The zero-order chi connectivity index (χ0) is 15.7. The Labute approximate surface area is 131 Å². The molecule has 0 fully saturated rings. The molecule has 2 rings (SSSR count). The molecule has 0 saturated carbocycles. The van der Waals surface area contributed by atoms with Crippen LogP contribution >= 0.6 is 0 Å². The van der Waals surface area contributed by atoms with Crippen molar-refractivity contribution in [2.45, 2.75) is 24.5 Å². The molecule has 2 N–H and O–H groups in total. The van der Waals surface area contributed by atoms with E-state index in [1.807, 2.05) is 30.4 Å². The molecule has 22 heavy (non-hydrogen) atoms. The SMILES string of the molecule is OCCCOC1(OCCCO)C=CC(c2ccccc2)C=C1. The smallest absolute Gasteiger partial charge is 0.207 e. The van der Waals surface area contributed by atoms with E-state index < -0.39 is 5.79 Å². The molecule has 0 aliphatic heterocycles. The molecule has 1 aliphatic carbocycles.